The number of hydrogen-bond acceptors (Lipinski definition) is 4. The molecule has 0 unspecified atom stereocenters. The van der Waals surface area contributed by atoms with Crippen LogP contribution in [0, 0.1) is 0 Å². The van der Waals surface area contributed by atoms with Gasteiger partial charge in [0.2, 0.25) is 11.8 Å². The average Bonchev–Trinajstić information content (AvgIpc) is 2.80. The van der Waals surface area contributed by atoms with Gasteiger partial charge in [0, 0.05) is 23.5 Å². The standard InChI is InChI=1S/C25H33BrN2O4/c1-6-17(2)27-25(30)18(3)28(16-20-8-7-9-21(26)14-20)24(29)13-11-19-10-12-22(31-4)23(15-19)32-5/h7-10,12,14-15,17-18H,6,11,13,16H2,1-5H3,(H,27,30)/t17-,18+/m0/s1. The van der Waals surface area contributed by atoms with Gasteiger partial charge < -0.3 is 19.7 Å². The summed E-state index contributed by atoms with van der Waals surface area (Å²) >= 11 is 3.48. The van der Waals surface area contributed by atoms with Crippen molar-refractivity contribution in [2.24, 2.45) is 0 Å². The van der Waals surface area contributed by atoms with Crippen molar-refractivity contribution in [2.45, 2.75) is 58.7 Å². The predicted molar refractivity (Wildman–Crippen MR) is 130 cm³/mol. The number of ether oxygens (including phenoxy) is 2. The van der Waals surface area contributed by atoms with Crippen molar-refractivity contribution in [3.8, 4) is 11.5 Å². The molecular weight excluding hydrogens is 472 g/mol. The molecule has 32 heavy (non-hydrogen) atoms. The van der Waals surface area contributed by atoms with E-state index >= 15 is 0 Å². The summed E-state index contributed by atoms with van der Waals surface area (Å²) in [6.07, 6.45) is 1.65. The summed E-state index contributed by atoms with van der Waals surface area (Å²) in [5.41, 5.74) is 1.93. The Labute approximate surface area is 199 Å². The molecular formula is C25H33BrN2O4. The molecule has 2 rings (SSSR count). The third-order valence-corrected chi connectivity index (χ3v) is 5.98. The zero-order valence-electron chi connectivity index (χ0n) is 19.5. The highest BCUT2D eigenvalue weighted by atomic mass is 79.9. The number of hydrogen-bond donors (Lipinski definition) is 1. The van der Waals surface area contributed by atoms with E-state index in [0.29, 0.717) is 24.5 Å². The molecule has 0 aliphatic carbocycles. The zero-order chi connectivity index (χ0) is 23.7. The van der Waals surface area contributed by atoms with Gasteiger partial charge in [-0.1, -0.05) is 41.1 Å². The number of halogens is 1. The Morgan fingerprint density at radius 3 is 2.38 bits per heavy atom. The molecule has 0 spiro atoms. The van der Waals surface area contributed by atoms with Gasteiger partial charge in [-0.25, -0.2) is 0 Å². The molecule has 2 amide bonds. The fourth-order valence-corrected chi connectivity index (χ4v) is 3.76. The van der Waals surface area contributed by atoms with E-state index in [1.54, 1.807) is 26.0 Å². The van der Waals surface area contributed by atoms with Crippen molar-refractivity contribution >= 4 is 27.7 Å². The second-order valence-corrected chi connectivity index (χ2v) is 8.75. The van der Waals surface area contributed by atoms with Gasteiger partial charge in [-0.05, 0) is 62.1 Å². The zero-order valence-corrected chi connectivity index (χ0v) is 21.1. The highest BCUT2D eigenvalue weighted by molar-refractivity contribution is 9.10. The van der Waals surface area contributed by atoms with E-state index in [2.05, 4.69) is 21.2 Å². The number of aryl methyl sites for hydroxylation is 1. The minimum Gasteiger partial charge on any atom is -0.493 e. The minimum atomic E-state index is -0.583. The van der Waals surface area contributed by atoms with E-state index in [9.17, 15) is 9.59 Å². The van der Waals surface area contributed by atoms with Crippen LogP contribution in [0.2, 0.25) is 0 Å². The van der Waals surface area contributed by atoms with Gasteiger partial charge in [-0.15, -0.1) is 0 Å². The van der Waals surface area contributed by atoms with Gasteiger partial charge in [0.05, 0.1) is 14.2 Å². The summed E-state index contributed by atoms with van der Waals surface area (Å²) < 4.78 is 11.6. The quantitative estimate of drug-likeness (QED) is 0.480. The van der Waals surface area contributed by atoms with Crippen LogP contribution in [0.4, 0.5) is 0 Å². The van der Waals surface area contributed by atoms with Gasteiger partial charge in [0.15, 0.2) is 11.5 Å². The van der Waals surface area contributed by atoms with Crippen LogP contribution in [-0.4, -0.2) is 43.0 Å². The van der Waals surface area contributed by atoms with Crippen molar-refractivity contribution in [3.05, 3.63) is 58.1 Å². The van der Waals surface area contributed by atoms with Crippen LogP contribution in [-0.2, 0) is 22.6 Å². The van der Waals surface area contributed by atoms with Crippen LogP contribution in [0.5, 0.6) is 11.5 Å². The first-order valence-corrected chi connectivity index (χ1v) is 11.6. The predicted octanol–water partition coefficient (Wildman–Crippen LogP) is 4.73. The van der Waals surface area contributed by atoms with E-state index in [1.807, 2.05) is 56.3 Å². The van der Waals surface area contributed by atoms with E-state index < -0.39 is 6.04 Å². The van der Waals surface area contributed by atoms with Gasteiger partial charge in [0.1, 0.15) is 6.04 Å². The first kappa shape index (κ1) is 25.7. The lowest BCUT2D eigenvalue weighted by Crippen LogP contribution is -2.49. The molecule has 0 aromatic heterocycles. The average molecular weight is 505 g/mol. The van der Waals surface area contributed by atoms with Crippen LogP contribution in [0.3, 0.4) is 0 Å². The summed E-state index contributed by atoms with van der Waals surface area (Å²) in [5.74, 6) is 1.05. The Kier molecular flexibility index (Phi) is 10.0. The maximum absolute atomic E-state index is 13.3. The SMILES string of the molecule is CC[C@H](C)NC(=O)[C@@H](C)N(Cc1cccc(Br)c1)C(=O)CCc1ccc(OC)c(OC)c1. The Morgan fingerprint density at radius 2 is 1.75 bits per heavy atom. The Bertz CT molecular complexity index is 919. The van der Waals surface area contributed by atoms with Crippen LogP contribution in [0.25, 0.3) is 0 Å². The molecule has 6 nitrogen and oxygen atoms in total. The Balaban J connectivity index is 2.18. The van der Waals surface area contributed by atoms with Gasteiger partial charge in [-0.3, -0.25) is 9.59 Å². The van der Waals surface area contributed by atoms with Crippen LogP contribution in [0.15, 0.2) is 46.9 Å². The lowest BCUT2D eigenvalue weighted by Gasteiger charge is -2.30. The summed E-state index contributed by atoms with van der Waals surface area (Å²) in [6, 6.07) is 12.9. The number of methoxy groups -OCH3 is 2. The summed E-state index contributed by atoms with van der Waals surface area (Å²) in [6.45, 7) is 6.12. The van der Waals surface area contributed by atoms with Gasteiger partial charge in [0.25, 0.3) is 0 Å². The Morgan fingerprint density at radius 1 is 1.03 bits per heavy atom. The molecule has 0 aliphatic rings. The third kappa shape index (κ3) is 7.26. The molecule has 2 aromatic rings. The van der Waals surface area contributed by atoms with Crippen molar-refractivity contribution in [2.75, 3.05) is 14.2 Å². The molecule has 0 radical (unpaired) electrons. The van der Waals surface area contributed by atoms with Crippen LogP contribution in [0.1, 0.15) is 44.7 Å². The number of amides is 2. The van der Waals surface area contributed by atoms with Crippen molar-refractivity contribution in [1.82, 2.24) is 10.2 Å². The topological polar surface area (TPSA) is 67.9 Å². The fraction of sp³-hybridized carbons (Fsp3) is 0.440. The number of benzene rings is 2. The minimum absolute atomic E-state index is 0.0551. The molecule has 174 valence electrons. The van der Waals surface area contributed by atoms with Gasteiger partial charge >= 0.3 is 0 Å². The Hall–Kier alpha value is -2.54. The molecule has 0 saturated carbocycles. The van der Waals surface area contributed by atoms with E-state index in [4.69, 9.17) is 9.47 Å². The maximum atomic E-state index is 13.3. The van der Waals surface area contributed by atoms with Crippen molar-refractivity contribution < 1.29 is 19.1 Å². The monoisotopic (exact) mass is 504 g/mol. The first-order chi connectivity index (χ1) is 15.3. The molecule has 0 bridgehead atoms. The van der Waals surface area contributed by atoms with E-state index in [0.717, 1.165) is 22.0 Å². The summed E-state index contributed by atoms with van der Waals surface area (Å²) in [7, 11) is 3.18. The van der Waals surface area contributed by atoms with E-state index in [-0.39, 0.29) is 24.3 Å². The largest absolute Gasteiger partial charge is 0.493 e. The van der Waals surface area contributed by atoms with Gasteiger partial charge in [-0.2, -0.15) is 0 Å². The smallest absolute Gasteiger partial charge is 0.242 e. The number of nitrogens with one attached hydrogen (secondary N) is 1. The molecule has 0 saturated heterocycles. The fourth-order valence-electron chi connectivity index (χ4n) is 3.31. The molecule has 0 fully saturated rings. The molecule has 7 heteroatoms. The van der Waals surface area contributed by atoms with E-state index in [1.165, 1.54) is 0 Å². The summed E-state index contributed by atoms with van der Waals surface area (Å²) in [4.78, 5) is 27.7. The van der Waals surface area contributed by atoms with Crippen LogP contribution < -0.4 is 14.8 Å². The number of carbonyl (C=O) groups is 2. The highest BCUT2D eigenvalue weighted by Gasteiger charge is 2.26. The molecule has 2 atom stereocenters. The summed E-state index contributed by atoms with van der Waals surface area (Å²) in [5, 5.41) is 2.99. The number of nitrogens with zero attached hydrogens (tertiary/aromatic N) is 1. The van der Waals surface area contributed by atoms with Crippen molar-refractivity contribution in [3.63, 3.8) is 0 Å². The second-order valence-electron chi connectivity index (χ2n) is 7.83. The molecule has 0 heterocycles. The van der Waals surface area contributed by atoms with Crippen LogP contribution >= 0.6 is 15.9 Å². The number of rotatable bonds is 11. The van der Waals surface area contributed by atoms with Crippen molar-refractivity contribution in [1.29, 1.82) is 0 Å². The highest BCUT2D eigenvalue weighted by Crippen LogP contribution is 2.28. The molecule has 1 N–H and O–H groups in total. The molecule has 0 aliphatic heterocycles. The lowest BCUT2D eigenvalue weighted by atomic mass is 10.1. The normalized spacial score (nSPS) is 12.6. The first-order valence-electron chi connectivity index (χ1n) is 10.8. The second kappa shape index (κ2) is 12.5. The number of carbonyl (C=O) groups excluding carboxylic acids is 2. The molecule has 2 aromatic carbocycles. The lowest BCUT2D eigenvalue weighted by molar-refractivity contribution is -0.140. The third-order valence-electron chi connectivity index (χ3n) is 5.49. The maximum Gasteiger partial charge on any atom is 0.242 e.